The van der Waals surface area contributed by atoms with Crippen molar-refractivity contribution in [1.82, 2.24) is 9.97 Å². The number of nitrogens with zero attached hydrogens (tertiary/aromatic N) is 1. The molecular weight excluding hydrogens is 309 g/mol. The third kappa shape index (κ3) is 2.60. The number of methoxy groups -OCH3 is 1. The molecule has 22 heavy (non-hydrogen) atoms. The molecule has 3 rings (SSSR count). The van der Waals surface area contributed by atoms with Crippen molar-refractivity contribution in [2.45, 2.75) is 0 Å². The van der Waals surface area contributed by atoms with E-state index in [4.69, 9.17) is 11.6 Å². The molecule has 0 aliphatic heterocycles. The Morgan fingerprint density at radius 3 is 2.91 bits per heavy atom. The molecule has 0 aliphatic carbocycles. The number of H-pyrrole nitrogens is 1. The van der Waals surface area contributed by atoms with Crippen molar-refractivity contribution >= 4 is 39.8 Å². The van der Waals surface area contributed by atoms with Gasteiger partial charge in [0.15, 0.2) is 0 Å². The largest absolute Gasteiger partial charge is 0.464 e. The number of ether oxygens (including phenoxy) is 1. The van der Waals surface area contributed by atoms with Crippen molar-refractivity contribution in [2.24, 2.45) is 0 Å². The fourth-order valence-electron chi connectivity index (χ4n) is 2.10. The lowest BCUT2D eigenvalue weighted by molar-refractivity contribution is 0.0595. The van der Waals surface area contributed by atoms with E-state index in [-0.39, 0.29) is 5.02 Å². The van der Waals surface area contributed by atoms with E-state index >= 15 is 0 Å². The number of carbonyl (C=O) groups is 1. The van der Waals surface area contributed by atoms with Crippen molar-refractivity contribution in [3.05, 3.63) is 53.2 Å². The quantitative estimate of drug-likeness (QED) is 0.719. The van der Waals surface area contributed by atoms with Crippen molar-refractivity contribution in [3.8, 4) is 0 Å². The number of nitrogens with one attached hydrogen (secondary N) is 2. The molecule has 3 aromatic rings. The van der Waals surface area contributed by atoms with Crippen LogP contribution >= 0.6 is 11.6 Å². The topological polar surface area (TPSA) is 67.0 Å². The minimum atomic E-state index is -0.488. The van der Waals surface area contributed by atoms with E-state index in [1.807, 2.05) is 0 Å². The third-order valence-corrected chi connectivity index (χ3v) is 3.44. The van der Waals surface area contributed by atoms with Crippen LogP contribution in [0.4, 0.5) is 15.8 Å². The highest BCUT2D eigenvalue weighted by molar-refractivity contribution is 6.31. The average molecular weight is 320 g/mol. The number of aromatic nitrogens is 2. The number of rotatable bonds is 3. The molecule has 0 fully saturated rings. The molecule has 0 aliphatic rings. The Morgan fingerprint density at radius 2 is 2.18 bits per heavy atom. The number of benzene rings is 1. The summed E-state index contributed by atoms with van der Waals surface area (Å²) in [6.07, 6.45) is 3.21. The lowest BCUT2D eigenvalue weighted by Gasteiger charge is -2.07. The number of carbonyl (C=O) groups excluding carboxylic acids is 1. The number of anilines is 2. The van der Waals surface area contributed by atoms with Crippen LogP contribution in [0.1, 0.15) is 10.5 Å². The zero-order valence-electron chi connectivity index (χ0n) is 11.5. The van der Waals surface area contributed by atoms with Gasteiger partial charge in [0.2, 0.25) is 0 Å². The zero-order valence-corrected chi connectivity index (χ0v) is 12.2. The van der Waals surface area contributed by atoms with Gasteiger partial charge in [0.05, 0.1) is 35.7 Å². The maximum Gasteiger partial charge on any atom is 0.354 e. The van der Waals surface area contributed by atoms with Gasteiger partial charge in [-0.1, -0.05) is 11.6 Å². The summed E-state index contributed by atoms with van der Waals surface area (Å²) in [6.45, 7) is 0. The van der Waals surface area contributed by atoms with Crippen LogP contribution in [0.5, 0.6) is 0 Å². The Bertz CT molecular complexity index is 863. The second-order valence-electron chi connectivity index (χ2n) is 4.58. The number of pyridine rings is 1. The highest BCUT2D eigenvalue weighted by atomic mass is 35.5. The molecule has 112 valence electrons. The molecule has 0 atom stereocenters. The van der Waals surface area contributed by atoms with Crippen molar-refractivity contribution < 1.29 is 13.9 Å². The average Bonchev–Trinajstić information content (AvgIpc) is 2.95. The molecule has 0 bridgehead atoms. The van der Waals surface area contributed by atoms with E-state index in [1.54, 1.807) is 24.5 Å². The fraction of sp³-hybridized carbons (Fsp3) is 0.0667. The minimum Gasteiger partial charge on any atom is -0.464 e. The minimum absolute atomic E-state index is 0.0226. The van der Waals surface area contributed by atoms with Gasteiger partial charge in [-0.2, -0.15) is 0 Å². The highest BCUT2D eigenvalue weighted by Crippen LogP contribution is 2.28. The molecule has 0 radical (unpaired) electrons. The lowest BCUT2D eigenvalue weighted by atomic mass is 10.2. The maximum absolute atomic E-state index is 13.2. The van der Waals surface area contributed by atoms with E-state index in [2.05, 4.69) is 20.0 Å². The van der Waals surface area contributed by atoms with Gasteiger partial charge < -0.3 is 15.0 Å². The summed E-state index contributed by atoms with van der Waals surface area (Å²) in [5, 5.41) is 3.88. The normalized spacial score (nSPS) is 10.7. The Morgan fingerprint density at radius 1 is 1.36 bits per heavy atom. The summed E-state index contributed by atoms with van der Waals surface area (Å²) < 4.78 is 17.9. The van der Waals surface area contributed by atoms with Crippen LogP contribution in [0, 0.1) is 5.82 Å². The van der Waals surface area contributed by atoms with Crippen molar-refractivity contribution in [3.63, 3.8) is 0 Å². The van der Waals surface area contributed by atoms with Gasteiger partial charge in [-0.3, -0.25) is 4.98 Å². The summed E-state index contributed by atoms with van der Waals surface area (Å²) in [6, 6.07) is 5.98. The van der Waals surface area contributed by atoms with Gasteiger partial charge in [0.1, 0.15) is 11.5 Å². The van der Waals surface area contributed by atoms with Gasteiger partial charge in [-0.05, 0) is 24.3 Å². The van der Waals surface area contributed by atoms with E-state index in [0.29, 0.717) is 22.6 Å². The van der Waals surface area contributed by atoms with Crippen molar-refractivity contribution in [2.75, 3.05) is 12.4 Å². The number of fused-ring (bicyclic) bond motifs is 1. The Hall–Kier alpha value is -2.60. The highest BCUT2D eigenvalue weighted by Gasteiger charge is 2.12. The number of esters is 1. The third-order valence-electron chi connectivity index (χ3n) is 3.15. The van der Waals surface area contributed by atoms with Gasteiger partial charge in [0, 0.05) is 11.1 Å². The molecular formula is C15H11ClFN3O2. The lowest BCUT2D eigenvalue weighted by Crippen LogP contribution is -2.00. The molecule has 1 aromatic carbocycles. The van der Waals surface area contributed by atoms with Crippen LogP contribution in [-0.4, -0.2) is 23.0 Å². The second kappa shape index (κ2) is 5.65. The summed E-state index contributed by atoms with van der Waals surface area (Å²) >= 11 is 5.76. The SMILES string of the molecule is COC(=O)c1cc2c(Nc3ccc(F)c(Cl)c3)cncc2[nH]1. The van der Waals surface area contributed by atoms with Gasteiger partial charge in [-0.25, -0.2) is 9.18 Å². The molecule has 0 amide bonds. The Balaban J connectivity index is 2.01. The molecule has 0 saturated carbocycles. The first-order valence-corrected chi connectivity index (χ1v) is 6.73. The maximum atomic E-state index is 13.2. The van der Waals surface area contributed by atoms with Crippen LogP contribution in [0.15, 0.2) is 36.7 Å². The predicted molar refractivity (Wildman–Crippen MR) is 82.1 cm³/mol. The Labute approximate surface area is 130 Å². The molecule has 2 heterocycles. The van der Waals surface area contributed by atoms with Crippen molar-refractivity contribution in [1.29, 1.82) is 0 Å². The number of aromatic amines is 1. The number of hydrogen-bond donors (Lipinski definition) is 2. The van der Waals surface area contributed by atoms with Gasteiger partial charge >= 0.3 is 5.97 Å². The summed E-state index contributed by atoms with van der Waals surface area (Å²) in [4.78, 5) is 18.6. The number of halogens is 2. The zero-order chi connectivity index (χ0) is 15.7. The monoisotopic (exact) mass is 319 g/mol. The Kier molecular flexibility index (Phi) is 3.68. The summed E-state index contributed by atoms with van der Waals surface area (Å²) in [5.74, 6) is -0.954. The van der Waals surface area contributed by atoms with Crippen LogP contribution < -0.4 is 5.32 Å². The first kappa shape index (κ1) is 14.3. The smallest absolute Gasteiger partial charge is 0.354 e. The summed E-state index contributed by atoms with van der Waals surface area (Å²) in [5.41, 5.74) is 2.28. The summed E-state index contributed by atoms with van der Waals surface area (Å²) in [7, 11) is 1.31. The van der Waals surface area contributed by atoms with E-state index in [9.17, 15) is 9.18 Å². The van der Waals surface area contributed by atoms with E-state index in [1.165, 1.54) is 19.2 Å². The molecule has 7 heteroatoms. The number of hydrogen-bond acceptors (Lipinski definition) is 4. The predicted octanol–water partition coefficient (Wildman–Crippen LogP) is 3.89. The first-order chi connectivity index (χ1) is 10.6. The fourth-order valence-corrected chi connectivity index (χ4v) is 2.28. The molecule has 2 N–H and O–H groups in total. The van der Waals surface area contributed by atoms with E-state index < -0.39 is 11.8 Å². The second-order valence-corrected chi connectivity index (χ2v) is 4.98. The van der Waals surface area contributed by atoms with Crippen LogP contribution in [-0.2, 0) is 4.74 Å². The molecule has 0 unspecified atom stereocenters. The standard InChI is InChI=1S/C15H11ClFN3O2/c1-22-15(21)12-5-9-13(6-18-7-14(9)20-12)19-8-2-3-11(17)10(16)4-8/h2-7,19-20H,1H3. The van der Waals surface area contributed by atoms with Crippen LogP contribution in [0.25, 0.3) is 10.9 Å². The molecule has 0 saturated heterocycles. The molecule has 2 aromatic heterocycles. The van der Waals surface area contributed by atoms with Gasteiger partial charge in [-0.15, -0.1) is 0 Å². The van der Waals surface area contributed by atoms with Gasteiger partial charge in [0.25, 0.3) is 0 Å². The molecule has 0 spiro atoms. The van der Waals surface area contributed by atoms with Crippen LogP contribution in [0.3, 0.4) is 0 Å². The van der Waals surface area contributed by atoms with Crippen LogP contribution in [0.2, 0.25) is 5.02 Å². The first-order valence-electron chi connectivity index (χ1n) is 6.35. The molecule has 5 nitrogen and oxygen atoms in total. The van der Waals surface area contributed by atoms with E-state index in [0.717, 1.165) is 5.39 Å².